The van der Waals surface area contributed by atoms with Gasteiger partial charge >= 0.3 is 0 Å². The first-order chi connectivity index (χ1) is 16.5. The van der Waals surface area contributed by atoms with E-state index in [0.29, 0.717) is 17.0 Å². The van der Waals surface area contributed by atoms with E-state index in [1.54, 1.807) is 6.07 Å². The summed E-state index contributed by atoms with van der Waals surface area (Å²) in [5, 5.41) is 10.4. The van der Waals surface area contributed by atoms with Crippen LogP contribution in [0.1, 0.15) is 53.7 Å². The Morgan fingerprint density at radius 3 is 2.62 bits per heavy atom. The van der Waals surface area contributed by atoms with Gasteiger partial charge in [-0.05, 0) is 41.5 Å². The molecule has 0 unspecified atom stereocenters. The third kappa shape index (κ3) is 4.69. The average Bonchev–Trinajstić information content (AvgIpc) is 3.40. The second-order valence-corrected chi connectivity index (χ2v) is 8.91. The van der Waals surface area contributed by atoms with Crippen LogP contribution in [0.3, 0.4) is 0 Å². The molecule has 2 fully saturated rings. The minimum atomic E-state index is -1.31. The molecule has 1 aliphatic heterocycles. The first kappa shape index (κ1) is 22.2. The van der Waals surface area contributed by atoms with Gasteiger partial charge in [0.05, 0.1) is 19.0 Å². The minimum absolute atomic E-state index is 0.0928. The number of halogens is 2. The number of carbonyl (C=O) groups excluding carboxylic acids is 2. The van der Waals surface area contributed by atoms with Gasteiger partial charge in [-0.25, -0.2) is 8.78 Å². The van der Waals surface area contributed by atoms with Gasteiger partial charge in [0, 0.05) is 6.42 Å². The molecule has 2 amide bonds. The summed E-state index contributed by atoms with van der Waals surface area (Å²) in [5.74, 6) is -0.564. The van der Waals surface area contributed by atoms with E-state index in [2.05, 4.69) is 20.5 Å². The van der Waals surface area contributed by atoms with Crippen LogP contribution in [0.5, 0.6) is 0 Å². The molecule has 0 spiro atoms. The number of H-pyrrole nitrogens is 1. The zero-order valence-electron chi connectivity index (χ0n) is 18.5. The number of amides is 2. The quantitative estimate of drug-likeness (QED) is 0.561. The largest absolute Gasteiger partial charge is 0.343 e. The maximum Gasteiger partial charge on any atom is 0.243 e. The van der Waals surface area contributed by atoms with Crippen molar-refractivity contribution in [2.45, 2.75) is 49.9 Å². The number of alkyl halides is 1. The zero-order chi connectivity index (χ0) is 23.7. The van der Waals surface area contributed by atoms with Crippen LogP contribution in [0.4, 0.5) is 8.78 Å². The molecule has 1 saturated carbocycles. The Kier molecular flexibility index (Phi) is 6.08. The number of hydrogen-bond acceptors (Lipinski definition) is 4. The lowest BCUT2D eigenvalue weighted by Gasteiger charge is -2.27. The molecule has 2 heterocycles. The molecule has 1 aliphatic carbocycles. The van der Waals surface area contributed by atoms with Crippen molar-refractivity contribution in [3.8, 4) is 0 Å². The number of hydrogen-bond donors (Lipinski definition) is 2. The molecule has 176 valence electrons. The number of nitrogens with one attached hydrogen (secondary N) is 2. The van der Waals surface area contributed by atoms with E-state index in [1.807, 2.05) is 36.4 Å². The minimum Gasteiger partial charge on any atom is -0.343 e. The van der Waals surface area contributed by atoms with E-state index in [9.17, 15) is 18.4 Å². The Hall–Kier alpha value is -3.62. The van der Waals surface area contributed by atoms with Crippen molar-refractivity contribution < 1.29 is 18.4 Å². The molecular weight excluding hydrogens is 440 g/mol. The summed E-state index contributed by atoms with van der Waals surface area (Å²) < 4.78 is 29.2. The molecule has 7 nitrogen and oxygen atoms in total. The molecule has 2 aromatic carbocycles. The summed E-state index contributed by atoms with van der Waals surface area (Å²) >= 11 is 0. The van der Waals surface area contributed by atoms with Crippen LogP contribution in [-0.4, -0.2) is 50.7 Å². The number of carbonyl (C=O) groups is 2. The smallest absolute Gasteiger partial charge is 0.243 e. The predicted molar refractivity (Wildman–Crippen MR) is 120 cm³/mol. The van der Waals surface area contributed by atoms with Crippen LogP contribution in [0.15, 0.2) is 54.9 Å². The predicted octanol–water partition coefficient (Wildman–Crippen LogP) is 3.21. The highest BCUT2D eigenvalue weighted by Crippen LogP contribution is 2.42. The van der Waals surface area contributed by atoms with Gasteiger partial charge in [-0.1, -0.05) is 42.5 Å². The molecule has 3 aromatic rings. The summed E-state index contributed by atoms with van der Waals surface area (Å²) in [6.07, 6.45) is 1.82. The summed E-state index contributed by atoms with van der Waals surface area (Å²) in [7, 11) is 0. The van der Waals surface area contributed by atoms with Crippen LogP contribution in [0, 0.1) is 5.82 Å². The lowest BCUT2D eigenvalue weighted by Crippen LogP contribution is -2.47. The summed E-state index contributed by atoms with van der Waals surface area (Å²) in [6.45, 7) is -0.161. The van der Waals surface area contributed by atoms with E-state index in [-0.39, 0.29) is 31.1 Å². The maximum atomic E-state index is 14.8. The molecule has 1 saturated heterocycles. The van der Waals surface area contributed by atoms with Crippen molar-refractivity contribution in [1.82, 2.24) is 25.4 Å². The summed E-state index contributed by atoms with van der Waals surface area (Å²) in [4.78, 5) is 30.1. The number of nitrogens with zero attached hydrogens (tertiary/aromatic N) is 3. The van der Waals surface area contributed by atoms with E-state index >= 15 is 0 Å². The normalized spacial score (nSPS) is 20.8. The molecule has 0 radical (unpaired) electrons. The first-order valence-electron chi connectivity index (χ1n) is 11.4. The van der Waals surface area contributed by atoms with Gasteiger partial charge in [-0.3, -0.25) is 9.59 Å². The van der Waals surface area contributed by atoms with Gasteiger partial charge in [0.2, 0.25) is 11.8 Å². The molecule has 0 bridgehead atoms. The molecule has 1 aromatic heterocycles. The lowest BCUT2D eigenvalue weighted by atomic mass is 9.96. The number of aromatic amines is 1. The van der Waals surface area contributed by atoms with Crippen LogP contribution in [-0.2, 0) is 16.0 Å². The van der Waals surface area contributed by atoms with Gasteiger partial charge < -0.3 is 15.2 Å². The number of aromatic nitrogens is 3. The number of rotatable bonds is 7. The monoisotopic (exact) mass is 465 g/mol. The van der Waals surface area contributed by atoms with Gasteiger partial charge in [-0.2, -0.15) is 0 Å². The van der Waals surface area contributed by atoms with Crippen molar-refractivity contribution >= 4 is 11.8 Å². The fourth-order valence-corrected chi connectivity index (χ4v) is 4.56. The standard InChI is InChI=1S/C25H25F2N5O2/c26-18-11-21(32(13-18)23(33)12-22-28-14-29-31-22)25(34)30-24(16-4-2-1-3-5-16)17-8-9-19(15-6-7-15)20(27)10-17/h1-5,8-10,14-15,18,21,24H,6-7,11-13H2,(H,30,34)(H,28,29,31)/t18-,21+,24+/m1/s1. The zero-order valence-corrected chi connectivity index (χ0v) is 18.5. The van der Waals surface area contributed by atoms with Gasteiger partial charge in [0.15, 0.2) is 0 Å². The Bertz CT molecular complexity index is 1170. The number of benzene rings is 2. The molecule has 3 atom stereocenters. The van der Waals surface area contributed by atoms with Crippen LogP contribution < -0.4 is 5.32 Å². The summed E-state index contributed by atoms with van der Waals surface area (Å²) in [6, 6.07) is 12.7. The summed E-state index contributed by atoms with van der Waals surface area (Å²) in [5.41, 5.74) is 2.06. The van der Waals surface area contributed by atoms with Crippen LogP contribution >= 0.6 is 0 Å². The van der Waals surface area contributed by atoms with E-state index in [0.717, 1.165) is 18.4 Å². The third-order valence-electron chi connectivity index (χ3n) is 6.45. The Morgan fingerprint density at radius 1 is 1.15 bits per heavy atom. The molecular formula is C25H25F2N5O2. The molecule has 2 aliphatic rings. The molecule has 9 heteroatoms. The van der Waals surface area contributed by atoms with Crippen molar-refractivity contribution in [2.24, 2.45) is 0 Å². The van der Waals surface area contributed by atoms with Crippen LogP contribution in [0.2, 0.25) is 0 Å². The highest BCUT2D eigenvalue weighted by Gasteiger charge is 2.40. The van der Waals surface area contributed by atoms with Crippen molar-refractivity contribution in [1.29, 1.82) is 0 Å². The molecule has 2 N–H and O–H groups in total. The fraction of sp³-hybridized carbons (Fsp3) is 0.360. The van der Waals surface area contributed by atoms with Crippen molar-refractivity contribution in [2.75, 3.05) is 6.54 Å². The van der Waals surface area contributed by atoms with Crippen molar-refractivity contribution in [3.05, 3.63) is 83.2 Å². The lowest BCUT2D eigenvalue weighted by molar-refractivity contribution is -0.138. The second kappa shape index (κ2) is 9.32. The van der Waals surface area contributed by atoms with Gasteiger partial charge in [0.1, 0.15) is 30.2 Å². The average molecular weight is 466 g/mol. The first-order valence-corrected chi connectivity index (χ1v) is 11.4. The van der Waals surface area contributed by atoms with E-state index in [1.165, 1.54) is 17.3 Å². The van der Waals surface area contributed by atoms with Gasteiger partial charge in [0.25, 0.3) is 0 Å². The van der Waals surface area contributed by atoms with Crippen LogP contribution in [0.25, 0.3) is 0 Å². The number of likely N-dealkylation sites (tertiary alicyclic amines) is 1. The Labute approximate surface area is 195 Å². The maximum absolute atomic E-state index is 14.8. The highest BCUT2D eigenvalue weighted by atomic mass is 19.1. The second-order valence-electron chi connectivity index (χ2n) is 8.91. The SMILES string of the molecule is O=C(N[C@@H](c1ccccc1)c1ccc(C2CC2)c(F)c1)[C@@H]1C[C@@H](F)CN1C(=O)Cc1nnc[nH]1. The Balaban J connectivity index is 1.38. The molecule has 34 heavy (non-hydrogen) atoms. The highest BCUT2D eigenvalue weighted by molar-refractivity contribution is 5.89. The van der Waals surface area contributed by atoms with E-state index in [4.69, 9.17) is 0 Å². The third-order valence-corrected chi connectivity index (χ3v) is 6.45. The Morgan fingerprint density at radius 2 is 1.94 bits per heavy atom. The molecule has 5 rings (SSSR count). The van der Waals surface area contributed by atoms with Crippen molar-refractivity contribution in [3.63, 3.8) is 0 Å². The topological polar surface area (TPSA) is 91.0 Å². The fourth-order valence-electron chi connectivity index (χ4n) is 4.56. The van der Waals surface area contributed by atoms with Gasteiger partial charge in [-0.15, -0.1) is 10.2 Å². The van der Waals surface area contributed by atoms with E-state index < -0.39 is 30.1 Å².